The minimum absolute atomic E-state index is 0.0477. The first-order valence-corrected chi connectivity index (χ1v) is 12.8. The zero-order valence-electron chi connectivity index (χ0n) is 21.5. The highest BCUT2D eigenvalue weighted by atomic mass is 32.1. The molecule has 3 aromatic carbocycles. The number of para-hydroxylation sites is 2. The summed E-state index contributed by atoms with van der Waals surface area (Å²) in [6, 6.07) is 22.3. The summed E-state index contributed by atoms with van der Waals surface area (Å²) in [5.74, 6) is 1.18. The molecule has 2 aromatic heterocycles. The fourth-order valence-corrected chi connectivity index (χ4v) is 5.73. The van der Waals surface area contributed by atoms with Gasteiger partial charge >= 0.3 is 0 Å². The second kappa shape index (κ2) is 7.78. The van der Waals surface area contributed by atoms with Gasteiger partial charge in [-0.25, -0.2) is 9.55 Å². The van der Waals surface area contributed by atoms with E-state index in [1.165, 1.54) is 48.9 Å². The molecule has 0 aliphatic heterocycles. The third-order valence-corrected chi connectivity index (χ3v) is 8.07. The second-order valence-corrected chi connectivity index (χ2v) is 12.4. The Balaban J connectivity index is 1.79. The van der Waals surface area contributed by atoms with E-state index in [2.05, 4.69) is 125 Å². The number of aryl methyl sites for hydroxylation is 2. The number of fused-ring (bicyclic) bond motifs is 2. The van der Waals surface area contributed by atoms with Gasteiger partial charge in [0.25, 0.3) is 5.82 Å². The molecule has 34 heavy (non-hydrogen) atoms. The Hall–Kier alpha value is -2.98. The van der Waals surface area contributed by atoms with E-state index < -0.39 is 0 Å². The number of benzene rings is 3. The van der Waals surface area contributed by atoms with Gasteiger partial charge in [0.2, 0.25) is 0 Å². The molecule has 5 rings (SSSR count). The summed E-state index contributed by atoms with van der Waals surface area (Å²) in [7, 11) is 2.17. The van der Waals surface area contributed by atoms with Gasteiger partial charge < -0.3 is 0 Å². The van der Waals surface area contributed by atoms with Crippen LogP contribution in [0, 0.1) is 6.92 Å². The first-order valence-electron chi connectivity index (χ1n) is 12.0. The van der Waals surface area contributed by atoms with Gasteiger partial charge in [-0.15, -0.1) is 11.3 Å². The Morgan fingerprint density at radius 1 is 0.853 bits per heavy atom. The molecule has 0 radical (unpaired) electrons. The fourth-order valence-electron chi connectivity index (χ4n) is 4.63. The molecule has 5 aromatic rings. The predicted octanol–water partition coefficient (Wildman–Crippen LogP) is 7.64. The van der Waals surface area contributed by atoms with Crippen molar-refractivity contribution in [2.75, 3.05) is 0 Å². The number of hydrogen-bond acceptors (Lipinski definition) is 2. The molecule has 3 nitrogen and oxygen atoms in total. The van der Waals surface area contributed by atoms with E-state index in [1.54, 1.807) is 0 Å². The lowest BCUT2D eigenvalue weighted by molar-refractivity contribution is -0.633. The van der Waals surface area contributed by atoms with Crippen molar-refractivity contribution in [3.8, 4) is 17.1 Å². The van der Waals surface area contributed by atoms with Gasteiger partial charge in [0.15, 0.2) is 11.0 Å². The number of nitrogens with zero attached hydrogens (tertiary/aromatic N) is 3. The maximum absolute atomic E-state index is 5.04. The lowest BCUT2D eigenvalue weighted by atomic mass is 9.87. The third-order valence-electron chi connectivity index (χ3n) is 6.62. The summed E-state index contributed by atoms with van der Waals surface area (Å²) in [5, 5.41) is 1.18. The largest absolute Gasteiger partial charge is 0.295 e. The van der Waals surface area contributed by atoms with Crippen molar-refractivity contribution >= 4 is 32.6 Å². The van der Waals surface area contributed by atoms with Gasteiger partial charge in [0, 0.05) is 5.41 Å². The van der Waals surface area contributed by atoms with Crippen LogP contribution < -0.4 is 4.57 Å². The normalized spacial score (nSPS) is 12.7. The average molecular weight is 469 g/mol. The second-order valence-electron chi connectivity index (χ2n) is 11.4. The minimum Gasteiger partial charge on any atom is -0.241 e. The first-order chi connectivity index (χ1) is 15.9. The number of thiazole rings is 1. The fraction of sp³-hybridized carbons (Fsp3) is 0.333. The molecule has 0 saturated carbocycles. The van der Waals surface area contributed by atoms with Crippen LogP contribution in [0.25, 0.3) is 38.3 Å². The highest BCUT2D eigenvalue weighted by Crippen LogP contribution is 2.36. The van der Waals surface area contributed by atoms with Crippen LogP contribution in [0.4, 0.5) is 0 Å². The van der Waals surface area contributed by atoms with Crippen molar-refractivity contribution in [2.24, 2.45) is 7.05 Å². The van der Waals surface area contributed by atoms with Gasteiger partial charge in [-0.2, -0.15) is 4.57 Å². The lowest BCUT2D eigenvalue weighted by Gasteiger charge is -2.18. The van der Waals surface area contributed by atoms with E-state index in [0.717, 1.165) is 5.52 Å². The zero-order chi connectivity index (χ0) is 24.4. The van der Waals surface area contributed by atoms with Crippen molar-refractivity contribution in [3.63, 3.8) is 0 Å². The van der Waals surface area contributed by atoms with Crippen LogP contribution >= 0.6 is 11.3 Å². The van der Waals surface area contributed by atoms with Crippen LogP contribution in [0.15, 0.2) is 60.7 Å². The van der Waals surface area contributed by atoms with Crippen LogP contribution in [0.1, 0.15) is 57.7 Å². The van der Waals surface area contributed by atoms with E-state index in [1.807, 2.05) is 11.3 Å². The number of rotatable bonds is 2. The molecule has 0 amide bonds. The Bertz CT molecular complexity index is 1520. The molecule has 4 heteroatoms. The predicted molar refractivity (Wildman–Crippen MR) is 145 cm³/mol. The van der Waals surface area contributed by atoms with Gasteiger partial charge in [-0.1, -0.05) is 65.8 Å². The quantitative estimate of drug-likeness (QED) is 0.244. The highest BCUT2D eigenvalue weighted by Gasteiger charge is 2.28. The molecule has 0 spiro atoms. The Morgan fingerprint density at radius 2 is 1.53 bits per heavy atom. The Labute approximate surface area is 206 Å². The molecular formula is C30H34N3S+. The summed E-state index contributed by atoms with van der Waals surface area (Å²) < 4.78 is 5.97. The van der Waals surface area contributed by atoms with E-state index in [9.17, 15) is 0 Å². The summed E-state index contributed by atoms with van der Waals surface area (Å²) in [6.07, 6.45) is 0. The Kier molecular flexibility index (Phi) is 5.21. The van der Waals surface area contributed by atoms with E-state index in [-0.39, 0.29) is 10.8 Å². The SMILES string of the molecule is Cc1cc2sc(C(C)(C)C)nc2cc1-c1n(-c2ccc(C(C)(C)C)cc2)c2ccccc2[n+]1C. The summed E-state index contributed by atoms with van der Waals surface area (Å²) >= 11 is 1.81. The molecule has 0 N–H and O–H groups in total. The lowest BCUT2D eigenvalue weighted by Crippen LogP contribution is -2.30. The van der Waals surface area contributed by atoms with Crippen molar-refractivity contribution in [2.45, 2.75) is 59.3 Å². The van der Waals surface area contributed by atoms with Gasteiger partial charge in [0.1, 0.15) is 5.69 Å². The minimum atomic E-state index is 0.0477. The topological polar surface area (TPSA) is 21.7 Å². The van der Waals surface area contributed by atoms with E-state index >= 15 is 0 Å². The number of aromatic nitrogens is 3. The van der Waals surface area contributed by atoms with Gasteiger partial charge in [-0.3, -0.25) is 0 Å². The van der Waals surface area contributed by atoms with Crippen LogP contribution in [0.5, 0.6) is 0 Å². The van der Waals surface area contributed by atoms with Crippen molar-refractivity contribution < 1.29 is 4.57 Å². The molecule has 174 valence electrons. The standard InChI is InChI=1S/C30H34N3S/c1-19-17-26-23(31-28(34-26)30(5,6)7)18-22(19)27-32(8)24-11-9-10-12-25(24)33(27)21-15-13-20(14-16-21)29(2,3)4/h9-18H,1-8H3/q+1. The zero-order valence-corrected chi connectivity index (χ0v) is 22.3. The van der Waals surface area contributed by atoms with Crippen LogP contribution in [-0.4, -0.2) is 9.55 Å². The summed E-state index contributed by atoms with van der Waals surface area (Å²) in [4.78, 5) is 5.04. The molecule has 0 atom stereocenters. The van der Waals surface area contributed by atoms with Crippen LogP contribution in [0.3, 0.4) is 0 Å². The first kappa shape index (κ1) is 22.8. The summed E-state index contributed by atoms with van der Waals surface area (Å²) in [6.45, 7) is 15.7. The molecule has 0 bridgehead atoms. The van der Waals surface area contributed by atoms with Crippen LogP contribution in [-0.2, 0) is 17.9 Å². The molecule has 0 unspecified atom stereocenters. The van der Waals surface area contributed by atoms with E-state index in [0.29, 0.717) is 0 Å². The maximum Gasteiger partial charge on any atom is 0.295 e. The number of hydrogen-bond donors (Lipinski definition) is 0. The maximum atomic E-state index is 5.04. The van der Waals surface area contributed by atoms with Gasteiger partial charge in [-0.05, 0) is 59.9 Å². The van der Waals surface area contributed by atoms with Crippen LogP contribution in [0.2, 0.25) is 0 Å². The highest BCUT2D eigenvalue weighted by molar-refractivity contribution is 7.18. The van der Waals surface area contributed by atoms with Gasteiger partial charge in [0.05, 0.1) is 27.8 Å². The summed E-state index contributed by atoms with van der Waals surface area (Å²) in [5.41, 5.74) is 8.67. The molecular weight excluding hydrogens is 434 g/mol. The third kappa shape index (κ3) is 3.74. The number of imidazole rings is 1. The van der Waals surface area contributed by atoms with E-state index in [4.69, 9.17) is 4.98 Å². The van der Waals surface area contributed by atoms with Crippen molar-refractivity contribution in [3.05, 3.63) is 76.8 Å². The monoisotopic (exact) mass is 468 g/mol. The molecule has 0 aliphatic rings. The Morgan fingerprint density at radius 3 is 2.18 bits per heavy atom. The average Bonchev–Trinajstić information content (AvgIpc) is 3.31. The van der Waals surface area contributed by atoms with Crippen molar-refractivity contribution in [1.82, 2.24) is 9.55 Å². The molecule has 0 saturated heterocycles. The molecule has 0 aliphatic carbocycles. The molecule has 0 fully saturated rings. The van der Waals surface area contributed by atoms with Crippen molar-refractivity contribution in [1.29, 1.82) is 0 Å². The smallest absolute Gasteiger partial charge is 0.241 e. The molecule has 2 heterocycles.